The Labute approximate surface area is 136 Å². The summed E-state index contributed by atoms with van der Waals surface area (Å²) in [6.07, 6.45) is 6.91. The average Bonchev–Trinajstić information content (AvgIpc) is 3.09. The Morgan fingerprint density at radius 2 is 2.19 bits per heavy atom. The predicted octanol–water partition coefficient (Wildman–Crippen LogP) is 4.76. The normalized spacial score (nSPS) is 27.2. The molecule has 0 radical (unpaired) electrons. The van der Waals surface area contributed by atoms with Gasteiger partial charge >= 0.3 is 0 Å². The second kappa shape index (κ2) is 7.15. The zero-order valence-corrected chi connectivity index (χ0v) is 14.5. The first-order valence-corrected chi connectivity index (χ1v) is 9.17. The summed E-state index contributed by atoms with van der Waals surface area (Å²) in [7, 11) is 0. The van der Waals surface area contributed by atoms with E-state index in [1.165, 1.54) is 31.2 Å². The number of fused-ring (bicyclic) bond motifs is 2. The van der Waals surface area contributed by atoms with Crippen LogP contribution in [-0.2, 0) is 6.54 Å². The van der Waals surface area contributed by atoms with Gasteiger partial charge in [0.15, 0.2) is 0 Å². The van der Waals surface area contributed by atoms with Gasteiger partial charge < -0.3 is 10.1 Å². The van der Waals surface area contributed by atoms with Crippen LogP contribution in [0.4, 0.5) is 0 Å². The first kappa shape index (κ1) is 15.4. The number of hydrogen-bond donors (Lipinski definition) is 1. The second-order valence-electron chi connectivity index (χ2n) is 6.67. The maximum Gasteiger partial charge on any atom is 0.123 e. The molecule has 2 saturated carbocycles. The molecule has 3 heteroatoms. The molecule has 3 unspecified atom stereocenters. The molecule has 2 bridgehead atoms. The SMILES string of the molecule is CCCNCc1cc(Br)ccc1OCC1CC2CCC1C2. The van der Waals surface area contributed by atoms with E-state index >= 15 is 0 Å². The Bertz CT molecular complexity index is 476. The molecule has 0 saturated heterocycles. The number of rotatable bonds is 7. The molecule has 1 aromatic carbocycles. The molecule has 3 atom stereocenters. The van der Waals surface area contributed by atoms with Crippen LogP contribution in [0.3, 0.4) is 0 Å². The van der Waals surface area contributed by atoms with Gasteiger partial charge in [0, 0.05) is 16.6 Å². The Morgan fingerprint density at radius 3 is 2.90 bits per heavy atom. The Morgan fingerprint density at radius 1 is 1.29 bits per heavy atom. The Kier molecular flexibility index (Phi) is 5.23. The van der Waals surface area contributed by atoms with Crippen LogP contribution in [0.1, 0.15) is 44.6 Å². The van der Waals surface area contributed by atoms with E-state index in [1.54, 1.807) is 0 Å². The molecule has 0 aliphatic heterocycles. The van der Waals surface area contributed by atoms with Crippen LogP contribution in [0.15, 0.2) is 22.7 Å². The average molecular weight is 352 g/mol. The van der Waals surface area contributed by atoms with Crippen LogP contribution in [0.25, 0.3) is 0 Å². The largest absolute Gasteiger partial charge is 0.493 e. The standard InChI is InChI=1S/C18H26BrNO/c1-2-7-20-11-15-10-17(19)5-6-18(15)21-12-16-9-13-3-4-14(16)8-13/h5-6,10,13-14,16,20H,2-4,7-9,11-12H2,1H3. The quantitative estimate of drug-likeness (QED) is 0.714. The van der Waals surface area contributed by atoms with E-state index < -0.39 is 0 Å². The van der Waals surface area contributed by atoms with Crippen LogP contribution in [0, 0.1) is 17.8 Å². The highest BCUT2D eigenvalue weighted by Crippen LogP contribution is 2.48. The summed E-state index contributed by atoms with van der Waals surface area (Å²) in [5.74, 6) is 3.79. The summed E-state index contributed by atoms with van der Waals surface area (Å²) < 4.78 is 7.33. The lowest BCUT2D eigenvalue weighted by molar-refractivity contribution is 0.193. The smallest absolute Gasteiger partial charge is 0.123 e. The van der Waals surface area contributed by atoms with Crippen LogP contribution >= 0.6 is 15.9 Å². The lowest BCUT2D eigenvalue weighted by atomic mass is 9.89. The van der Waals surface area contributed by atoms with E-state index in [1.807, 2.05) is 0 Å². The number of nitrogens with one attached hydrogen (secondary N) is 1. The number of ether oxygens (including phenoxy) is 1. The van der Waals surface area contributed by atoms with Crippen molar-refractivity contribution in [3.8, 4) is 5.75 Å². The zero-order valence-electron chi connectivity index (χ0n) is 12.9. The maximum absolute atomic E-state index is 6.20. The van der Waals surface area contributed by atoms with Gasteiger partial charge in [0.1, 0.15) is 5.75 Å². The van der Waals surface area contributed by atoms with Crippen LogP contribution < -0.4 is 10.1 Å². The van der Waals surface area contributed by atoms with Gasteiger partial charge in [-0.2, -0.15) is 0 Å². The van der Waals surface area contributed by atoms with Crippen molar-refractivity contribution in [3.63, 3.8) is 0 Å². The van der Waals surface area contributed by atoms with E-state index in [4.69, 9.17) is 4.74 Å². The van der Waals surface area contributed by atoms with Crippen molar-refractivity contribution in [2.45, 2.75) is 45.6 Å². The van der Waals surface area contributed by atoms with Gasteiger partial charge in [-0.15, -0.1) is 0 Å². The molecule has 2 aliphatic carbocycles. The highest BCUT2D eigenvalue weighted by Gasteiger charge is 2.39. The second-order valence-corrected chi connectivity index (χ2v) is 7.59. The van der Waals surface area contributed by atoms with Crippen molar-refractivity contribution in [1.29, 1.82) is 0 Å². The van der Waals surface area contributed by atoms with E-state index in [2.05, 4.69) is 46.4 Å². The third-order valence-electron chi connectivity index (χ3n) is 5.10. The van der Waals surface area contributed by atoms with Crippen molar-refractivity contribution in [1.82, 2.24) is 5.32 Å². The van der Waals surface area contributed by atoms with Gasteiger partial charge in [-0.25, -0.2) is 0 Å². The third kappa shape index (κ3) is 3.81. The first-order chi connectivity index (χ1) is 10.3. The summed E-state index contributed by atoms with van der Waals surface area (Å²) in [5.41, 5.74) is 1.26. The molecule has 2 aliphatic rings. The lowest BCUT2D eigenvalue weighted by Gasteiger charge is -2.22. The summed E-state index contributed by atoms with van der Waals surface area (Å²) >= 11 is 3.57. The molecule has 0 aromatic heterocycles. The van der Waals surface area contributed by atoms with E-state index in [-0.39, 0.29) is 0 Å². The number of hydrogen-bond acceptors (Lipinski definition) is 2. The molecule has 1 aromatic rings. The molecular weight excluding hydrogens is 326 g/mol. The fraction of sp³-hybridized carbons (Fsp3) is 0.667. The lowest BCUT2D eigenvalue weighted by Crippen LogP contribution is -2.20. The van der Waals surface area contributed by atoms with E-state index in [0.29, 0.717) is 0 Å². The minimum Gasteiger partial charge on any atom is -0.493 e. The summed E-state index contributed by atoms with van der Waals surface area (Å²) in [6, 6.07) is 6.37. The fourth-order valence-corrected chi connectivity index (χ4v) is 4.41. The first-order valence-electron chi connectivity index (χ1n) is 8.38. The van der Waals surface area contributed by atoms with Crippen molar-refractivity contribution in [2.24, 2.45) is 17.8 Å². The topological polar surface area (TPSA) is 21.3 Å². The minimum absolute atomic E-state index is 0.795. The summed E-state index contributed by atoms with van der Waals surface area (Å²) in [6.45, 7) is 5.04. The number of halogens is 1. The van der Waals surface area contributed by atoms with Gasteiger partial charge in [0.2, 0.25) is 0 Å². The van der Waals surface area contributed by atoms with Crippen molar-refractivity contribution >= 4 is 15.9 Å². The monoisotopic (exact) mass is 351 g/mol. The van der Waals surface area contributed by atoms with Gasteiger partial charge in [0.25, 0.3) is 0 Å². The Balaban J connectivity index is 1.58. The van der Waals surface area contributed by atoms with Gasteiger partial charge in [-0.1, -0.05) is 29.3 Å². The van der Waals surface area contributed by atoms with E-state index in [0.717, 1.165) is 54.1 Å². The zero-order chi connectivity index (χ0) is 14.7. The summed E-state index contributed by atoms with van der Waals surface area (Å²) in [4.78, 5) is 0. The molecule has 2 nitrogen and oxygen atoms in total. The molecule has 3 rings (SSSR count). The Hall–Kier alpha value is -0.540. The van der Waals surface area contributed by atoms with Gasteiger partial charge in [-0.3, -0.25) is 0 Å². The molecule has 0 heterocycles. The third-order valence-corrected chi connectivity index (χ3v) is 5.60. The van der Waals surface area contributed by atoms with Crippen LogP contribution in [0.2, 0.25) is 0 Å². The molecule has 0 amide bonds. The van der Waals surface area contributed by atoms with Crippen molar-refractivity contribution in [3.05, 3.63) is 28.2 Å². The molecule has 1 N–H and O–H groups in total. The van der Waals surface area contributed by atoms with Gasteiger partial charge in [-0.05, 0) is 68.2 Å². The van der Waals surface area contributed by atoms with Crippen molar-refractivity contribution < 1.29 is 4.74 Å². The highest BCUT2D eigenvalue weighted by molar-refractivity contribution is 9.10. The highest BCUT2D eigenvalue weighted by atomic mass is 79.9. The van der Waals surface area contributed by atoms with E-state index in [9.17, 15) is 0 Å². The minimum atomic E-state index is 0.795. The predicted molar refractivity (Wildman–Crippen MR) is 90.6 cm³/mol. The maximum atomic E-state index is 6.20. The number of benzene rings is 1. The summed E-state index contributed by atoms with van der Waals surface area (Å²) in [5, 5.41) is 3.47. The molecule has 2 fully saturated rings. The van der Waals surface area contributed by atoms with Crippen LogP contribution in [0.5, 0.6) is 5.75 Å². The molecule has 0 spiro atoms. The fourth-order valence-electron chi connectivity index (χ4n) is 4.00. The van der Waals surface area contributed by atoms with Crippen LogP contribution in [-0.4, -0.2) is 13.2 Å². The molecule has 21 heavy (non-hydrogen) atoms. The van der Waals surface area contributed by atoms with Gasteiger partial charge in [0.05, 0.1) is 6.61 Å². The molecule has 116 valence electrons. The van der Waals surface area contributed by atoms with Crippen molar-refractivity contribution in [2.75, 3.05) is 13.2 Å². The molecular formula is C18H26BrNO.